The smallest absolute Gasteiger partial charge is 0.435 e. The van der Waals surface area contributed by atoms with Crippen LogP contribution < -0.4 is 4.72 Å². The minimum Gasteiger partial charge on any atom is -0.569 e. The predicted octanol–water partition coefficient (Wildman–Crippen LogP) is 5.44. The Morgan fingerprint density at radius 2 is 1.62 bits per heavy atom. The molecule has 278 valence electrons. The average molecular weight is 756 g/mol. The number of aromatic nitrogens is 2. The molecular weight excluding hydrogens is 723 g/mol. The van der Waals surface area contributed by atoms with Crippen molar-refractivity contribution in [2.45, 2.75) is 44.0 Å². The van der Waals surface area contributed by atoms with E-state index in [1.54, 1.807) is 36.4 Å². The highest BCUT2D eigenvalue weighted by atomic mass is 32.2. The number of fused-ring (bicyclic) bond motifs is 1. The zero-order valence-electron chi connectivity index (χ0n) is 28.2. The van der Waals surface area contributed by atoms with Gasteiger partial charge in [-0.15, -0.1) is 5.01 Å². The summed E-state index contributed by atoms with van der Waals surface area (Å²) in [5, 5.41) is 21.1. The molecule has 3 amide bonds. The van der Waals surface area contributed by atoms with Gasteiger partial charge in [0.15, 0.2) is 5.69 Å². The van der Waals surface area contributed by atoms with Crippen molar-refractivity contribution >= 4 is 27.9 Å². The number of carbonyl (C=O) groups is 3. The number of nitrogens with one attached hydrogen (secondary N) is 1. The molecule has 4 aromatic rings. The lowest BCUT2D eigenvalue weighted by Crippen LogP contribution is -2.41. The number of carbonyl (C=O) groups excluding carboxylic acids is 3. The van der Waals surface area contributed by atoms with Gasteiger partial charge in [0.1, 0.15) is 0 Å². The van der Waals surface area contributed by atoms with E-state index in [2.05, 4.69) is 10.4 Å². The lowest BCUT2D eigenvalue weighted by Gasteiger charge is -2.28. The van der Waals surface area contributed by atoms with E-state index in [9.17, 15) is 41.2 Å². The Morgan fingerprint density at radius 1 is 1.02 bits per heavy atom. The Balaban J connectivity index is 0.995. The largest absolute Gasteiger partial charge is 0.569 e. The number of halogens is 3. The summed E-state index contributed by atoms with van der Waals surface area (Å²) in [4.78, 5) is 43.6. The number of piperidine rings is 1. The van der Waals surface area contributed by atoms with Gasteiger partial charge in [-0.05, 0) is 75.1 Å². The minimum absolute atomic E-state index is 0.139. The molecule has 1 fully saturated rings. The second-order valence-electron chi connectivity index (χ2n) is 12.4. The van der Waals surface area contributed by atoms with Gasteiger partial charge in [-0.2, -0.15) is 18.3 Å². The Bertz CT molecular complexity index is 2130. The topological polar surface area (TPSA) is 179 Å². The van der Waals surface area contributed by atoms with Gasteiger partial charge in [-0.3, -0.25) is 9.59 Å². The summed E-state index contributed by atoms with van der Waals surface area (Å²) < 4.78 is 74.5. The lowest BCUT2D eigenvalue weighted by molar-refractivity contribution is -0.714. The summed E-state index contributed by atoms with van der Waals surface area (Å²) in [6.07, 6.45) is -6.37. The second-order valence-corrected chi connectivity index (χ2v) is 14.0. The fraction of sp³-hybridized carbons (Fsp3) is 0.294. The predicted molar refractivity (Wildman–Crippen MR) is 178 cm³/mol. The number of hydrogen-bond acceptors (Lipinski definition) is 10. The number of benzene rings is 3. The molecule has 0 saturated carbocycles. The number of nitrogens with zero attached hydrogens (tertiary/aromatic N) is 6. The van der Waals surface area contributed by atoms with Gasteiger partial charge in [0.05, 0.1) is 52.1 Å². The van der Waals surface area contributed by atoms with Crippen LogP contribution >= 0.6 is 0 Å². The molecule has 1 N–H and O–H groups in total. The highest BCUT2D eigenvalue weighted by Crippen LogP contribution is 2.33. The van der Waals surface area contributed by atoms with Gasteiger partial charge in [0.25, 0.3) is 21.8 Å². The number of imide groups is 1. The fourth-order valence-electron chi connectivity index (χ4n) is 5.81. The highest BCUT2D eigenvalue weighted by Gasteiger charge is 2.40. The molecule has 53 heavy (non-hydrogen) atoms. The van der Waals surface area contributed by atoms with E-state index in [-0.39, 0.29) is 58.0 Å². The third kappa shape index (κ3) is 7.93. The third-order valence-corrected chi connectivity index (χ3v) is 10.0. The van der Waals surface area contributed by atoms with E-state index < -0.39 is 46.0 Å². The van der Waals surface area contributed by atoms with E-state index >= 15 is 0 Å². The van der Waals surface area contributed by atoms with Crippen LogP contribution in [-0.4, -0.2) is 76.9 Å². The van der Waals surface area contributed by atoms with Gasteiger partial charge < -0.3 is 14.8 Å². The van der Waals surface area contributed by atoms with E-state index in [1.807, 2.05) is 11.6 Å². The van der Waals surface area contributed by atoms with Crippen molar-refractivity contribution in [1.29, 1.82) is 0 Å². The molecule has 0 radical (unpaired) electrons. The first-order valence-corrected chi connectivity index (χ1v) is 17.7. The number of hydrogen-bond donors (Lipinski definition) is 1. The van der Waals surface area contributed by atoms with Crippen molar-refractivity contribution in [2.75, 3.05) is 19.7 Å². The molecule has 0 spiro atoms. The first kappa shape index (κ1) is 36.8. The first-order valence-electron chi connectivity index (χ1n) is 16.2. The Hall–Kier alpha value is -5.98. The standard InChI is InChI=1S/C34H32F3N7O8S/c1-21-7-9-24(10-8-21)29-19-30(34(35,36)37)38-43(29)25-11-13-26(14-12-25)53(49,50)39-33(47)51-20-23-15-17-41(18-16-23)44(48)40-52-22(2)42-31(45)27-5-3-4-6-28(27)32(42)46/h3-14,19,22-23H,15-18,20H2,1-2H3,(H,39,47)/b44-40+. The van der Waals surface area contributed by atoms with Crippen LogP contribution in [0.3, 0.4) is 0 Å². The Morgan fingerprint density at radius 3 is 2.21 bits per heavy atom. The maximum absolute atomic E-state index is 13.5. The lowest BCUT2D eigenvalue weighted by atomic mass is 9.99. The van der Waals surface area contributed by atoms with E-state index in [1.165, 1.54) is 36.2 Å². The Kier molecular flexibility index (Phi) is 10.1. The zero-order valence-corrected chi connectivity index (χ0v) is 29.0. The molecule has 1 unspecified atom stereocenters. The van der Waals surface area contributed by atoms with E-state index in [4.69, 9.17) is 9.57 Å². The number of sulfonamides is 1. The van der Waals surface area contributed by atoms with Crippen LogP contribution in [0.25, 0.3) is 16.9 Å². The molecule has 1 aromatic heterocycles. The van der Waals surface area contributed by atoms with E-state index in [0.717, 1.165) is 33.3 Å². The van der Waals surface area contributed by atoms with Crippen LogP contribution in [-0.2, 0) is 25.8 Å². The molecule has 0 aliphatic carbocycles. The molecule has 2 aliphatic heterocycles. The molecular formula is C34H32F3N7O8S. The van der Waals surface area contributed by atoms with Gasteiger partial charge in [0.2, 0.25) is 11.5 Å². The van der Waals surface area contributed by atoms with Crippen LogP contribution in [0.1, 0.15) is 51.7 Å². The van der Waals surface area contributed by atoms with Crippen molar-refractivity contribution in [2.24, 2.45) is 11.2 Å². The zero-order chi connectivity index (χ0) is 38.1. The number of rotatable bonds is 10. The van der Waals surface area contributed by atoms with Crippen LogP contribution in [0, 0.1) is 18.0 Å². The van der Waals surface area contributed by atoms with Gasteiger partial charge >= 0.3 is 12.3 Å². The molecule has 6 rings (SSSR count). The second kappa shape index (κ2) is 14.6. The van der Waals surface area contributed by atoms with Crippen molar-refractivity contribution in [3.63, 3.8) is 0 Å². The van der Waals surface area contributed by atoms with E-state index in [0.29, 0.717) is 18.4 Å². The quantitative estimate of drug-likeness (QED) is 0.0948. The summed E-state index contributed by atoms with van der Waals surface area (Å²) in [7, 11) is -4.42. The number of amides is 3. The van der Waals surface area contributed by atoms with Crippen LogP contribution in [0.4, 0.5) is 18.0 Å². The molecule has 3 heterocycles. The molecule has 2 aliphatic rings. The van der Waals surface area contributed by atoms with Gasteiger partial charge in [-0.25, -0.2) is 27.5 Å². The van der Waals surface area contributed by atoms with Crippen LogP contribution in [0.5, 0.6) is 0 Å². The normalized spacial score (nSPS) is 16.1. The monoisotopic (exact) mass is 755 g/mol. The van der Waals surface area contributed by atoms with Crippen molar-refractivity contribution in [3.8, 4) is 16.9 Å². The van der Waals surface area contributed by atoms with Crippen molar-refractivity contribution in [1.82, 2.24) is 24.4 Å². The summed E-state index contributed by atoms with van der Waals surface area (Å²) in [5.74, 6) is -1.35. The summed E-state index contributed by atoms with van der Waals surface area (Å²) in [6, 6.07) is 18.7. The number of aryl methyl sites for hydroxylation is 1. The highest BCUT2D eigenvalue weighted by molar-refractivity contribution is 7.90. The molecule has 1 atom stereocenters. The summed E-state index contributed by atoms with van der Waals surface area (Å²) in [5.41, 5.74) is 0.987. The number of ether oxygens (including phenoxy) is 1. The van der Waals surface area contributed by atoms with Crippen LogP contribution in [0.2, 0.25) is 0 Å². The molecule has 19 heteroatoms. The fourth-order valence-corrected chi connectivity index (χ4v) is 6.70. The minimum atomic E-state index is -4.72. The van der Waals surface area contributed by atoms with Gasteiger partial charge in [-0.1, -0.05) is 42.0 Å². The van der Waals surface area contributed by atoms with Crippen molar-refractivity contribution in [3.05, 3.63) is 106 Å². The molecule has 0 bridgehead atoms. The van der Waals surface area contributed by atoms with Gasteiger partial charge in [0, 0.05) is 5.56 Å². The number of hydrazine groups is 1. The Labute approximate surface area is 300 Å². The summed E-state index contributed by atoms with van der Waals surface area (Å²) >= 11 is 0. The molecule has 3 aromatic carbocycles. The summed E-state index contributed by atoms with van der Waals surface area (Å²) in [6.45, 7) is 3.46. The molecule has 15 nitrogen and oxygen atoms in total. The average Bonchev–Trinajstić information content (AvgIpc) is 3.70. The number of alkyl halides is 3. The maximum atomic E-state index is 13.5. The van der Waals surface area contributed by atoms with Crippen molar-refractivity contribution < 1.29 is 50.5 Å². The maximum Gasteiger partial charge on any atom is 0.435 e. The third-order valence-electron chi connectivity index (χ3n) is 8.70. The van der Waals surface area contributed by atoms with Crippen LogP contribution in [0.15, 0.2) is 89.0 Å². The first-order chi connectivity index (χ1) is 25.1. The SMILES string of the molecule is Cc1ccc(-c2cc(C(F)(F)F)nn2-c2ccc(S(=O)(=O)NC(=O)OCC3CCN(/[N+]([O-])=N\OC(C)N4C(=O)c5ccccc5C4=O)CC3)cc2)cc1. The molecule has 1 saturated heterocycles.